The highest BCUT2D eigenvalue weighted by atomic mass is 35.5. The second-order valence-electron chi connectivity index (χ2n) is 10.1. The Morgan fingerprint density at radius 1 is 0.952 bits per heavy atom. The maximum absolute atomic E-state index is 14.1. The van der Waals surface area contributed by atoms with Crippen molar-refractivity contribution in [1.82, 2.24) is 10.2 Å². The Labute approximate surface area is 252 Å². The number of ether oxygens (including phenoxy) is 2. The number of carbonyl (C=O) groups is 2. The van der Waals surface area contributed by atoms with Crippen molar-refractivity contribution < 1.29 is 27.5 Å². The molecule has 1 N–H and O–H groups in total. The molecule has 224 valence electrons. The number of rotatable bonds is 12. The number of hydrogen-bond acceptors (Lipinski definition) is 6. The molecule has 11 heteroatoms. The first-order valence-corrected chi connectivity index (χ1v) is 15.6. The molecule has 3 aromatic rings. The minimum atomic E-state index is -4.21. The zero-order valence-electron chi connectivity index (χ0n) is 24.0. The summed E-state index contributed by atoms with van der Waals surface area (Å²) in [5.74, 6) is -0.167. The van der Waals surface area contributed by atoms with Crippen LogP contribution in [0.4, 0.5) is 5.69 Å². The number of anilines is 1. The number of methoxy groups -OCH3 is 2. The summed E-state index contributed by atoms with van der Waals surface area (Å²) in [7, 11) is -1.29. The predicted octanol–water partition coefficient (Wildman–Crippen LogP) is 5.03. The topological polar surface area (TPSA) is 105 Å². The maximum Gasteiger partial charge on any atom is 0.264 e. The Kier molecular flexibility index (Phi) is 10.3. The lowest BCUT2D eigenvalue weighted by atomic mass is 10.1. The molecular weight excluding hydrogens is 578 g/mol. The summed E-state index contributed by atoms with van der Waals surface area (Å²) in [4.78, 5) is 28.9. The van der Waals surface area contributed by atoms with Gasteiger partial charge in [-0.3, -0.25) is 13.9 Å². The van der Waals surface area contributed by atoms with Gasteiger partial charge in [0.25, 0.3) is 10.0 Å². The van der Waals surface area contributed by atoms with Crippen molar-refractivity contribution in [2.24, 2.45) is 0 Å². The molecule has 1 atom stereocenters. The van der Waals surface area contributed by atoms with Crippen LogP contribution in [0.5, 0.6) is 11.5 Å². The Hall–Kier alpha value is -3.76. The van der Waals surface area contributed by atoms with E-state index in [2.05, 4.69) is 5.32 Å². The summed E-state index contributed by atoms with van der Waals surface area (Å²) in [5, 5.41) is 3.49. The average molecular weight is 614 g/mol. The number of hydrogen-bond donors (Lipinski definition) is 1. The minimum Gasteiger partial charge on any atom is -0.493 e. The van der Waals surface area contributed by atoms with Crippen LogP contribution in [0.3, 0.4) is 0 Å². The van der Waals surface area contributed by atoms with Crippen LogP contribution in [-0.2, 0) is 26.2 Å². The standard InChI is InChI=1S/C31H36ClN3O6S/c1-22(31(37)33-24-12-8-9-13-24)34(20-23-11-7-10-16-27(23)32)30(36)21-35(42(38,39)26-14-5-4-6-15-26)25-17-18-28(40-2)29(19-25)41-3/h4-7,10-11,14-19,22,24H,8-9,12-13,20-21H2,1-3H3,(H,33,37). The van der Waals surface area contributed by atoms with Gasteiger partial charge in [0.1, 0.15) is 12.6 Å². The van der Waals surface area contributed by atoms with Gasteiger partial charge in [-0.05, 0) is 55.7 Å². The number of nitrogens with one attached hydrogen (secondary N) is 1. The van der Waals surface area contributed by atoms with Gasteiger partial charge in [0, 0.05) is 23.7 Å². The number of benzene rings is 3. The predicted molar refractivity (Wildman–Crippen MR) is 162 cm³/mol. The highest BCUT2D eigenvalue weighted by molar-refractivity contribution is 7.92. The molecule has 0 bridgehead atoms. The molecule has 1 unspecified atom stereocenters. The van der Waals surface area contributed by atoms with E-state index in [9.17, 15) is 18.0 Å². The third-order valence-corrected chi connectivity index (χ3v) is 9.59. The summed E-state index contributed by atoms with van der Waals surface area (Å²) in [5.41, 5.74) is 0.835. The van der Waals surface area contributed by atoms with Crippen LogP contribution in [0.25, 0.3) is 0 Å². The number of amides is 2. The number of carbonyl (C=O) groups excluding carboxylic acids is 2. The van der Waals surface area contributed by atoms with Crippen LogP contribution >= 0.6 is 11.6 Å². The van der Waals surface area contributed by atoms with Gasteiger partial charge in [0.15, 0.2) is 11.5 Å². The van der Waals surface area contributed by atoms with Crippen LogP contribution in [-0.4, -0.2) is 58.0 Å². The third kappa shape index (κ3) is 7.17. The SMILES string of the molecule is COc1ccc(N(CC(=O)N(Cc2ccccc2Cl)C(C)C(=O)NC2CCCC2)S(=O)(=O)c2ccccc2)cc1OC. The first-order chi connectivity index (χ1) is 20.1. The van der Waals surface area contributed by atoms with Crippen molar-refractivity contribution in [3.8, 4) is 11.5 Å². The monoisotopic (exact) mass is 613 g/mol. The van der Waals surface area contributed by atoms with Crippen molar-refractivity contribution in [1.29, 1.82) is 0 Å². The first kappa shape index (κ1) is 31.2. The van der Waals surface area contributed by atoms with Gasteiger partial charge in [0.05, 0.1) is 24.8 Å². The molecule has 42 heavy (non-hydrogen) atoms. The molecular formula is C31H36ClN3O6S. The van der Waals surface area contributed by atoms with Gasteiger partial charge in [-0.1, -0.05) is 60.8 Å². The smallest absolute Gasteiger partial charge is 0.264 e. The van der Waals surface area contributed by atoms with Gasteiger partial charge in [-0.15, -0.1) is 0 Å². The van der Waals surface area contributed by atoms with E-state index in [1.54, 1.807) is 61.5 Å². The number of halogens is 1. The number of nitrogens with zero attached hydrogens (tertiary/aromatic N) is 2. The van der Waals surface area contributed by atoms with Gasteiger partial charge >= 0.3 is 0 Å². The van der Waals surface area contributed by atoms with Crippen molar-refractivity contribution in [3.63, 3.8) is 0 Å². The Bertz CT molecular complexity index is 1500. The fourth-order valence-electron chi connectivity index (χ4n) is 5.01. The van der Waals surface area contributed by atoms with Gasteiger partial charge < -0.3 is 19.7 Å². The highest BCUT2D eigenvalue weighted by Gasteiger charge is 2.34. The minimum absolute atomic E-state index is 0.0114. The molecule has 0 radical (unpaired) electrons. The van der Waals surface area contributed by atoms with Crippen molar-refractivity contribution in [2.75, 3.05) is 25.1 Å². The molecule has 0 aromatic heterocycles. The van der Waals surface area contributed by atoms with E-state index in [1.165, 1.54) is 37.3 Å². The molecule has 1 saturated carbocycles. The van der Waals surface area contributed by atoms with E-state index in [1.807, 2.05) is 0 Å². The Morgan fingerprint density at radius 2 is 1.60 bits per heavy atom. The average Bonchev–Trinajstić information content (AvgIpc) is 3.52. The Morgan fingerprint density at radius 3 is 2.24 bits per heavy atom. The molecule has 9 nitrogen and oxygen atoms in total. The molecule has 4 rings (SSSR count). The fourth-order valence-corrected chi connectivity index (χ4v) is 6.64. The zero-order valence-corrected chi connectivity index (χ0v) is 25.5. The van der Waals surface area contributed by atoms with Gasteiger partial charge in [0.2, 0.25) is 11.8 Å². The van der Waals surface area contributed by atoms with E-state index < -0.39 is 28.5 Å². The van der Waals surface area contributed by atoms with E-state index in [4.69, 9.17) is 21.1 Å². The van der Waals surface area contributed by atoms with Crippen LogP contribution < -0.4 is 19.1 Å². The fraction of sp³-hybridized carbons (Fsp3) is 0.355. The molecule has 0 aliphatic heterocycles. The molecule has 3 aromatic carbocycles. The van der Waals surface area contributed by atoms with E-state index in [0.717, 1.165) is 30.0 Å². The summed E-state index contributed by atoms with van der Waals surface area (Å²) in [6.45, 7) is 1.09. The molecule has 1 aliphatic carbocycles. The first-order valence-electron chi connectivity index (χ1n) is 13.8. The lowest BCUT2D eigenvalue weighted by molar-refractivity contribution is -0.139. The van der Waals surface area contributed by atoms with E-state index in [-0.39, 0.29) is 29.1 Å². The summed E-state index contributed by atoms with van der Waals surface area (Å²) < 4.78 is 39.7. The molecule has 0 spiro atoms. The van der Waals surface area contributed by atoms with E-state index >= 15 is 0 Å². The largest absolute Gasteiger partial charge is 0.493 e. The summed E-state index contributed by atoms with van der Waals surface area (Å²) in [6, 6.07) is 18.7. The van der Waals surface area contributed by atoms with Gasteiger partial charge in [-0.25, -0.2) is 8.42 Å². The molecule has 1 aliphatic rings. The number of sulfonamides is 1. The maximum atomic E-state index is 14.1. The highest BCUT2D eigenvalue weighted by Crippen LogP contribution is 2.34. The van der Waals surface area contributed by atoms with Crippen LogP contribution in [0.15, 0.2) is 77.7 Å². The van der Waals surface area contributed by atoms with Crippen molar-refractivity contribution in [2.45, 2.75) is 56.1 Å². The second kappa shape index (κ2) is 13.9. The Balaban J connectivity index is 1.73. The molecule has 0 heterocycles. The third-order valence-electron chi connectivity index (χ3n) is 7.43. The lowest BCUT2D eigenvalue weighted by Crippen LogP contribution is -2.52. The van der Waals surface area contributed by atoms with Crippen LogP contribution in [0.2, 0.25) is 5.02 Å². The molecule has 1 fully saturated rings. The molecule has 2 amide bonds. The van der Waals surface area contributed by atoms with Crippen molar-refractivity contribution in [3.05, 3.63) is 83.4 Å². The van der Waals surface area contributed by atoms with E-state index in [0.29, 0.717) is 22.1 Å². The quantitative estimate of drug-likeness (QED) is 0.307. The zero-order chi connectivity index (χ0) is 30.3. The normalized spacial score (nSPS) is 14.2. The van der Waals surface area contributed by atoms with Crippen LogP contribution in [0, 0.1) is 0 Å². The van der Waals surface area contributed by atoms with Crippen molar-refractivity contribution >= 4 is 39.1 Å². The van der Waals surface area contributed by atoms with Crippen LogP contribution in [0.1, 0.15) is 38.2 Å². The summed E-state index contributed by atoms with van der Waals surface area (Å²) >= 11 is 6.44. The molecule has 0 saturated heterocycles. The van der Waals surface area contributed by atoms with Gasteiger partial charge in [-0.2, -0.15) is 0 Å². The summed E-state index contributed by atoms with van der Waals surface area (Å²) in [6.07, 6.45) is 3.86. The second-order valence-corrected chi connectivity index (χ2v) is 12.4. The lowest BCUT2D eigenvalue weighted by Gasteiger charge is -2.32.